The zero-order valence-corrected chi connectivity index (χ0v) is 26.3. The number of carboxylic acid groups (broad SMARTS) is 1. The molecule has 47 heavy (non-hydrogen) atoms. The SMILES string of the molecule is NCCCC(=O)Nc1cc(N=C(N)N)cc(C(=O)NCC(=O)NCC(CNC(=O)C2CCCN2S(=O)(=O)c2ccccc2)C(=O)O)c1. The van der Waals surface area contributed by atoms with Crippen LogP contribution in [0.4, 0.5) is 11.4 Å². The standard InChI is InChI=1S/C29H39N9O8S/c30-10-4-9-24(39)36-20-12-18(13-21(14-20)37-29(31)32)26(41)35-17-25(40)33-15-19(28(43)44)16-34-27(42)23-8-5-11-38(23)47(45,46)22-6-2-1-3-7-22/h1-3,6-7,12-14,19,23H,4-5,8-11,15-17,30H2,(H,33,40)(H,34,42)(H,35,41)(H,36,39)(H,43,44)(H4,31,32,37). The van der Waals surface area contributed by atoms with Gasteiger partial charge in [-0.05, 0) is 56.1 Å². The number of hydrogen-bond donors (Lipinski definition) is 8. The van der Waals surface area contributed by atoms with Crippen LogP contribution in [-0.2, 0) is 29.2 Å². The monoisotopic (exact) mass is 673 g/mol. The van der Waals surface area contributed by atoms with E-state index in [2.05, 4.69) is 26.3 Å². The first-order valence-electron chi connectivity index (χ1n) is 14.7. The van der Waals surface area contributed by atoms with Crippen molar-refractivity contribution in [2.24, 2.45) is 28.1 Å². The van der Waals surface area contributed by atoms with Gasteiger partial charge in [0.2, 0.25) is 27.7 Å². The predicted molar refractivity (Wildman–Crippen MR) is 172 cm³/mol. The molecule has 4 amide bonds. The van der Waals surface area contributed by atoms with Gasteiger partial charge in [-0.3, -0.25) is 24.0 Å². The molecule has 2 aromatic carbocycles. The van der Waals surface area contributed by atoms with Crippen LogP contribution in [0.2, 0.25) is 0 Å². The van der Waals surface area contributed by atoms with Gasteiger partial charge in [0.15, 0.2) is 5.96 Å². The van der Waals surface area contributed by atoms with E-state index in [0.717, 1.165) is 4.31 Å². The number of amides is 4. The highest BCUT2D eigenvalue weighted by molar-refractivity contribution is 7.89. The van der Waals surface area contributed by atoms with Gasteiger partial charge in [0, 0.05) is 37.3 Å². The normalized spacial score (nSPS) is 15.2. The number of benzene rings is 2. The fourth-order valence-corrected chi connectivity index (χ4v) is 6.36. The van der Waals surface area contributed by atoms with Gasteiger partial charge in [-0.25, -0.2) is 13.4 Å². The van der Waals surface area contributed by atoms with Crippen LogP contribution in [0.5, 0.6) is 0 Å². The lowest BCUT2D eigenvalue weighted by molar-refractivity contribution is -0.141. The van der Waals surface area contributed by atoms with Crippen molar-refractivity contribution in [3.05, 3.63) is 54.1 Å². The van der Waals surface area contributed by atoms with Crippen LogP contribution in [0, 0.1) is 5.92 Å². The molecule has 0 aromatic heterocycles. The first-order valence-corrected chi connectivity index (χ1v) is 16.1. The van der Waals surface area contributed by atoms with Crippen LogP contribution in [0.1, 0.15) is 36.0 Å². The van der Waals surface area contributed by atoms with Gasteiger partial charge in [-0.15, -0.1) is 0 Å². The molecule has 1 fully saturated rings. The van der Waals surface area contributed by atoms with Gasteiger partial charge in [-0.2, -0.15) is 4.31 Å². The summed E-state index contributed by atoms with van der Waals surface area (Å²) in [6, 6.07) is 10.8. The van der Waals surface area contributed by atoms with Gasteiger partial charge >= 0.3 is 5.97 Å². The summed E-state index contributed by atoms with van der Waals surface area (Å²) in [4.78, 5) is 66.1. The molecule has 3 rings (SSSR count). The van der Waals surface area contributed by atoms with E-state index < -0.39 is 52.2 Å². The number of anilines is 1. The van der Waals surface area contributed by atoms with Crippen molar-refractivity contribution in [3.63, 3.8) is 0 Å². The van der Waals surface area contributed by atoms with Crippen molar-refractivity contribution in [2.75, 3.05) is 38.0 Å². The first-order chi connectivity index (χ1) is 22.3. The average Bonchev–Trinajstić information content (AvgIpc) is 3.53. The zero-order valence-electron chi connectivity index (χ0n) is 25.5. The molecule has 254 valence electrons. The Labute approximate surface area is 271 Å². The lowest BCUT2D eigenvalue weighted by atomic mass is 10.1. The Morgan fingerprint density at radius 2 is 1.68 bits per heavy atom. The summed E-state index contributed by atoms with van der Waals surface area (Å²) >= 11 is 0. The Morgan fingerprint density at radius 3 is 2.34 bits per heavy atom. The molecule has 0 saturated carbocycles. The smallest absolute Gasteiger partial charge is 0.310 e. The molecular formula is C29H39N9O8S. The number of rotatable bonds is 16. The molecule has 11 N–H and O–H groups in total. The van der Waals surface area contributed by atoms with Gasteiger partial charge in [0.25, 0.3) is 5.91 Å². The molecule has 1 aliphatic heterocycles. The van der Waals surface area contributed by atoms with E-state index in [1.807, 2.05) is 0 Å². The number of nitrogens with one attached hydrogen (secondary N) is 4. The van der Waals surface area contributed by atoms with Gasteiger partial charge in [0.05, 0.1) is 23.0 Å². The van der Waals surface area contributed by atoms with Gasteiger partial charge in [-0.1, -0.05) is 18.2 Å². The van der Waals surface area contributed by atoms with E-state index in [-0.39, 0.29) is 66.2 Å². The fraction of sp³-hybridized carbons (Fsp3) is 0.379. The number of hydrogen-bond acceptors (Lipinski definition) is 9. The summed E-state index contributed by atoms with van der Waals surface area (Å²) in [5.41, 5.74) is 16.7. The number of carbonyl (C=O) groups excluding carboxylic acids is 4. The Bertz CT molecular complexity index is 1600. The van der Waals surface area contributed by atoms with Crippen molar-refractivity contribution in [3.8, 4) is 0 Å². The zero-order chi connectivity index (χ0) is 34.6. The van der Waals surface area contributed by atoms with E-state index in [9.17, 15) is 37.5 Å². The number of nitrogens with zero attached hydrogens (tertiary/aromatic N) is 2. The number of guanidine groups is 1. The van der Waals surface area contributed by atoms with Crippen molar-refractivity contribution in [1.82, 2.24) is 20.3 Å². The van der Waals surface area contributed by atoms with Gasteiger partial charge in [0.1, 0.15) is 6.04 Å². The molecule has 17 nitrogen and oxygen atoms in total. The largest absolute Gasteiger partial charge is 0.481 e. The second kappa shape index (κ2) is 17.0. The van der Waals surface area contributed by atoms with Crippen LogP contribution < -0.4 is 38.5 Å². The van der Waals surface area contributed by atoms with Crippen molar-refractivity contribution >= 4 is 57.0 Å². The van der Waals surface area contributed by atoms with Crippen molar-refractivity contribution in [2.45, 2.75) is 36.6 Å². The molecule has 0 spiro atoms. The quantitative estimate of drug-likeness (QED) is 0.0772. The second-order valence-corrected chi connectivity index (χ2v) is 12.5. The molecule has 0 radical (unpaired) electrons. The number of carbonyl (C=O) groups is 5. The minimum Gasteiger partial charge on any atom is -0.481 e. The Hall–Kier alpha value is -5.07. The minimum absolute atomic E-state index is 0.0239. The van der Waals surface area contributed by atoms with Crippen molar-refractivity contribution in [1.29, 1.82) is 0 Å². The number of sulfonamides is 1. The van der Waals surface area contributed by atoms with Crippen LogP contribution in [0.15, 0.2) is 58.4 Å². The van der Waals surface area contributed by atoms with Crippen LogP contribution in [0.3, 0.4) is 0 Å². The van der Waals surface area contributed by atoms with Crippen LogP contribution >= 0.6 is 0 Å². The third-order valence-corrected chi connectivity index (χ3v) is 8.94. The molecule has 1 aliphatic rings. The molecular weight excluding hydrogens is 634 g/mol. The Balaban J connectivity index is 1.55. The maximum Gasteiger partial charge on any atom is 0.310 e. The van der Waals surface area contributed by atoms with Gasteiger partial charge < -0.3 is 43.6 Å². The van der Waals surface area contributed by atoms with E-state index in [0.29, 0.717) is 19.4 Å². The molecule has 1 saturated heterocycles. The van der Waals surface area contributed by atoms with E-state index in [4.69, 9.17) is 17.2 Å². The van der Waals surface area contributed by atoms with E-state index >= 15 is 0 Å². The Morgan fingerprint density at radius 1 is 0.979 bits per heavy atom. The van der Waals surface area contributed by atoms with E-state index in [1.54, 1.807) is 18.2 Å². The fourth-order valence-electron chi connectivity index (χ4n) is 4.68. The minimum atomic E-state index is -3.94. The highest BCUT2D eigenvalue weighted by Crippen LogP contribution is 2.26. The summed E-state index contributed by atoms with van der Waals surface area (Å²) in [5, 5.41) is 19.6. The summed E-state index contributed by atoms with van der Waals surface area (Å²) in [5.74, 6) is -5.27. The van der Waals surface area contributed by atoms with Crippen LogP contribution in [-0.4, -0.2) is 92.2 Å². The Kier molecular flexibility index (Phi) is 13.2. The lowest BCUT2D eigenvalue weighted by Gasteiger charge is -2.24. The third kappa shape index (κ3) is 10.8. The van der Waals surface area contributed by atoms with Crippen LogP contribution in [0.25, 0.3) is 0 Å². The maximum absolute atomic E-state index is 13.1. The second-order valence-electron chi connectivity index (χ2n) is 10.6. The predicted octanol–water partition coefficient (Wildman–Crippen LogP) is -1.21. The topological polar surface area (TPSA) is 282 Å². The van der Waals surface area contributed by atoms with Crippen molar-refractivity contribution < 1.29 is 37.5 Å². The molecule has 2 atom stereocenters. The molecule has 0 bridgehead atoms. The highest BCUT2D eigenvalue weighted by Gasteiger charge is 2.39. The molecule has 18 heteroatoms. The molecule has 0 aliphatic carbocycles. The average molecular weight is 674 g/mol. The summed E-state index contributed by atoms with van der Waals surface area (Å²) in [6.45, 7) is -0.840. The lowest BCUT2D eigenvalue weighted by Crippen LogP contribution is -2.49. The van der Waals surface area contributed by atoms with E-state index in [1.165, 1.54) is 30.3 Å². The molecule has 2 unspecified atom stereocenters. The molecule has 1 heterocycles. The number of carboxylic acids is 1. The summed E-state index contributed by atoms with van der Waals surface area (Å²) in [7, 11) is -3.94. The highest BCUT2D eigenvalue weighted by atomic mass is 32.2. The molecule has 2 aromatic rings. The number of nitrogens with two attached hydrogens (primary N) is 3. The maximum atomic E-state index is 13.1. The first kappa shape index (κ1) is 36.4. The summed E-state index contributed by atoms with van der Waals surface area (Å²) < 4.78 is 27.2. The third-order valence-electron chi connectivity index (χ3n) is 7.01. The number of aliphatic carboxylic acids is 1. The summed E-state index contributed by atoms with van der Waals surface area (Å²) in [6.07, 6.45) is 1.33. The number of aliphatic imine (C=N–C) groups is 1.